The normalized spacial score (nSPS) is 11.1. The second kappa shape index (κ2) is 7.31. The van der Waals surface area contributed by atoms with E-state index in [4.69, 9.17) is 4.74 Å². The van der Waals surface area contributed by atoms with E-state index in [1.54, 1.807) is 42.5 Å². The fraction of sp³-hybridized carbons (Fsp3) is 0.111. The van der Waals surface area contributed by atoms with Crippen molar-refractivity contribution in [2.24, 2.45) is 0 Å². The van der Waals surface area contributed by atoms with Crippen molar-refractivity contribution in [3.05, 3.63) is 77.1 Å². The summed E-state index contributed by atoms with van der Waals surface area (Å²) in [7, 11) is 0. The standard InChI is InChI=1S/C18H15FO3/c1-13(20)22-12-16(11-14-7-9-17(19)10-8-14)18(21)15-5-3-2-4-6-15/h2-11H,12H2,1H3/b16-11+. The molecule has 0 saturated heterocycles. The number of carbonyl (C=O) groups is 2. The molecule has 0 saturated carbocycles. The van der Waals surface area contributed by atoms with Gasteiger partial charge in [0.1, 0.15) is 12.4 Å². The number of rotatable bonds is 5. The zero-order valence-corrected chi connectivity index (χ0v) is 12.1. The summed E-state index contributed by atoms with van der Waals surface area (Å²) in [4.78, 5) is 23.5. The smallest absolute Gasteiger partial charge is 0.302 e. The van der Waals surface area contributed by atoms with E-state index in [1.807, 2.05) is 6.07 Å². The Bertz CT molecular complexity index is 688. The monoisotopic (exact) mass is 298 g/mol. The van der Waals surface area contributed by atoms with Crippen molar-refractivity contribution in [1.29, 1.82) is 0 Å². The fourth-order valence-electron chi connectivity index (χ4n) is 1.89. The quantitative estimate of drug-likeness (QED) is 0.481. The van der Waals surface area contributed by atoms with Crippen LogP contribution >= 0.6 is 0 Å². The fourth-order valence-corrected chi connectivity index (χ4v) is 1.89. The highest BCUT2D eigenvalue weighted by Crippen LogP contribution is 2.14. The van der Waals surface area contributed by atoms with Crippen molar-refractivity contribution in [2.45, 2.75) is 6.92 Å². The predicted molar refractivity (Wildman–Crippen MR) is 81.8 cm³/mol. The van der Waals surface area contributed by atoms with E-state index < -0.39 is 5.97 Å². The maximum absolute atomic E-state index is 12.9. The minimum atomic E-state index is -0.467. The molecule has 3 nitrogen and oxygen atoms in total. The Hall–Kier alpha value is -2.75. The Kier molecular flexibility index (Phi) is 5.20. The van der Waals surface area contributed by atoms with Crippen LogP contribution in [0.15, 0.2) is 60.2 Å². The van der Waals surface area contributed by atoms with Crippen LogP contribution in [0.5, 0.6) is 0 Å². The molecule has 112 valence electrons. The van der Waals surface area contributed by atoms with Crippen LogP contribution in [-0.4, -0.2) is 18.4 Å². The Morgan fingerprint density at radius 3 is 2.27 bits per heavy atom. The maximum atomic E-state index is 12.9. The molecule has 2 aromatic rings. The topological polar surface area (TPSA) is 43.4 Å². The van der Waals surface area contributed by atoms with Gasteiger partial charge in [-0.2, -0.15) is 0 Å². The van der Waals surface area contributed by atoms with Crippen molar-refractivity contribution in [1.82, 2.24) is 0 Å². The molecule has 0 aliphatic carbocycles. The summed E-state index contributed by atoms with van der Waals surface area (Å²) in [5.74, 6) is -1.05. The van der Waals surface area contributed by atoms with Crippen molar-refractivity contribution in [2.75, 3.05) is 6.61 Å². The zero-order chi connectivity index (χ0) is 15.9. The Balaban J connectivity index is 2.31. The maximum Gasteiger partial charge on any atom is 0.302 e. The predicted octanol–water partition coefficient (Wildman–Crippen LogP) is 3.66. The van der Waals surface area contributed by atoms with Gasteiger partial charge in [-0.1, -0.05) is 42.5 Å². The molecule has 0 aliphatic rings. The van der Waals surface area contributed by atoms with Gasteiger partial charge in [0.05, 0.1) is 0 Å². The van der Waals surface area contributed by atoms with Crippen LogP contribution in [0.2, 0.25) is 0 Å². The molecular weight excluding hydrogens is 283 g/mol. The van der Waals surface area contributed by atoms with E-state index >= 15 is 0 Å². The lowest BCUT2D eigenvalue weighted by Crippen LogP contribution is -2.11. The molecule has 0 spiro atoms. The largest absolute Gasteiger partial charge is 0.461 e. The van der Waals surface area contributed by atoms with Crippen molar-refractivity contribution in [3.8, 4) is 0 Å². The summed E-state index contributed by atoms with van der Waals surface area (Å²) in [6, 6.07) is 14.4. The molecule has 0 radical (unpaired) electrons. The third kappa shape index (κ3) is 4.38. The van der Waals surface area contributed by atoms with Gasteiger partial charge < -0.3 is 4.74 Å². The number of Topliss-reactive ketones (excluding diaryl/α,β-unsaturated/α-hetero) is 1. The molecule has 0 amide bonds. The first-order valence-corrected chi connectivity index (χ1v) is 6.75. The van der Waals surface area contributed by atoms with Gasteiger partial charge in [0.15, 0.2) is 5.78 Å². The third-order valence-electron chi connectivity index (χ3n) is 2.97. The lowest BCUT2D eigenvalue weighted by atomic mass is 10.0. The van der Waals surface area contributed by atoms with E-state index in [-0.39, 0.29) is 18.2 Å². The number of hydrogen-bond donors (Lipinski definition) is 0. The minimum Gasteiger partial charge on any atom is -0.461 e. The number of esters is 1. The summed E-state index contributed by atoms with van der Waals surface area (Å²) in [6.45, 7) is 1.16. The minimum absolute atomic E-state index is 0.125. The number of ether oxygens (including phenoxy) is 1. The number of benzene rings is 2. The highest BCUT2D eigenvalue weighted by molar-refractivity contribution is 6.11. The van der Waals surface area contributed by atoms with Crippen LogP contribution in [0.4, 0.5) is 4.39 Å². The number of carbonyl (C=O) groups excluding carboxylic acids is 2. The van der Waals surface area contributed by atoms with Crippen LogP contribution < -0.4 is 0 Å². The Morgan fingerprint density at radius 1 is 1.05 bits per heavy atom. The molecule has 0 heterocycles. The highest BCUT2D eigenvalue weighted by atomic mass is 19.1. The van der Waals surface area contributed by atoms with Crippen molar-refractivity contribution < 1.29 is 18.7 Å². The highest BCUT2D eigenvalue weighted by Gasteiger charge is 2.13. The Morgan fingerprint density at radius 2 is 1.68 bits per heavy atom. The molecular formula is C18H15FO3. The van der Waals surface area contributed by atoms with Crippen LogP contribution in [0.25, 0.3) is 6.08 Å². The van der Waals surface area contributed by atoms with Crippen molar-refractivity contribution >= 4 is 17.8 Å². The molecule has 0 unspecified atom stereocenters. The lowest BCUT2D eigenvalue weighted by Gasteiger charge is -2.07. The van der Waals surface area contributed by atoms with E-state index in [0.29, 0.717) is 16.7 Å². The van der Waals surface area contributed by atoms with Gasteiger partial charge in [0.25, 0.3) is 0 Å². The first-order chi connectivity index (χ1) is 10.6. The van der Waals surface area contributed by atoms with Crippen LogP contribution in [-0.2, 0) is 9.53 Å². The van der Waals surface area contributed by atoms with Gasteiger partial charge in [-0.25, -0.2) is 4.39 Å². The second-order valence-corrected chi connectivity index (χ2v) is 4.70. The van der Waals surface area contributed by atoms with Gasteiger partial charge in [-0.15, -0.1) is 0 Å². The molecule has 4 heteroatoms. The zero-order valence-electron chi connectivity index (χ0n) is 12.1. The number of ketones is 1. The van der Waals surface area contributed by atoms with E-state index in [0.717, 1.165) is 0 Å². The van der Waals surface area contributed by atoms with Gasteiger partial charge in [0.2, 0.25) is 0 Å². The molecule has 0 atom stereocenters. The molecule has 0 N–H and O–H groups in total. The van der Waals surface area contributed by atoms with Gasteiger partial charge in [-0.3, -0.25) is 9.59 Å². The number of halogens is 1. The molecule has 22 heavy (non-hydrogen) atoms. The Labute approximate surface area is 128 Å². The third-order valence-corrected chi connectivity index (χ3v) is 2.97. The van der Waals surface area contributed by atoms with Crippen molar-refractivity contribution in [3.63, 3.8) is 0 Å². The summed E-state index contributed by atoms with van der Waals surface area (Å²) in [5.41, 5.74) is 1.49. The molecule has 0 aliphatic heterocycles. The average Bonchev–Trinajstić information content (AvgIpc) is 2.53. The summed E-state index contributed by atoms with van der Waals surface area (Å²) >= 11 is 0. The first kappa shape index (κ1) is 15.6. The van der Waals surface area contributed by atoms with Gasteiger partial charge in [-0.05, 0) is 23.8 Å². The van der Waals surface area contributed by atoms with Crippen LogP contribution in [0.3, 0.4) is 0 Å². The van der Waals surface area contributed by atoms with E-state index in [2.05, 4.69) is 0 Å². The molecule has 0 fully saturated rings. The summed E-state index contributed by atoms with van der Waals surface area (Å²) in [6.07, 6.45) is 1.59. The lowest BCUT2D eigenvalue weighted by molar-refractivity contribution is -0.139. The molecule has 2 aromatic carbocycles. The van der Waals surface area contributed by atoms with E-state index in [1.165, 1.54) is 19.1 Å². The van der Waals surface area contributed by atoms with Crippen LogP contribution in [0, 0.1) is 5.82 Å². The summed E-state index contributed by atoms with van der Waals surface area (Å²) in [5, 5.41) is 0. The molecule has 2 rings (SSSR count). The SMILES string of the molecule is CC(=O)OC/C(=C\c1ccc(F)cc1)C(=O)c1ccccc1. The number of hydrogen-bond acceptors (Lipinski definition) is 3. The summed E-state index contributed by atoms with van der Waals surface area (Å²) < 4.78 is 17.9. The molecule has 0 bridgehead atoms. The first-order valence-electron chi connectivity index (χ1n) is 6.75. The van der Waals surface area contributed by atoms with Crippen LogP contribution in [0.1, 0.15) is 22.8 Å². The van der Waals surface area contributed by atoms with Gasteiger partial charge in [0, 0.05) is 18.1 Å². The van der Waals surface area contributed by atoms with Gasteiger partial charge >= 0.3 is 5.97 Å². The average molecular weight is 298 g/mol. The second-order valence-electron chi connectivity index (χ2n) is 4.70. The van der Waals surface area contributed by atoms with E-state index in [9.17, 15) is 14.0 Å². The molecule has 0 aromatic heterocycles.